The van der Waals surface area contributed by atoms with Crippen LogP contribution in [0.1, 0.15) is 31.0 Å². The molecule has 184 valence electrons. The summed E-state index contributed by atoms with van der Waals surface area (Å²) in [5.74, 6) is -0.184. The standard InChI is InChI=1S/C23H23F4N7O/c1-2-34-20-15(12-29-34)13-33(18-4-3-16(24)11-17(18)30-20)21(35)14-6-9-32(10-7-14)22-28-8-5-19(31-22)23(25,26)27/h3-5,8,11-12,14,30H,2,6-7,9-10,13H2,1H3. The predicted molar refractivity (Wildman–Crippen MR) is 121 cm³/mol. The highest BCUT2D eigenvalue weighted by molar-refractivity contribution is 5.99. The van der Waals surface area contributed by atoms with Crippen molar-refractivity contribution in [1.82, 2.24) is 19.7 Å². The molecule has 1 amide bonds. The molecule has 2 aliphatic rings. The van der Waals surface area contributed by atoms with Gasteiger partial charge in [-0.3, -0.25) is 4.79 Å². The molecule has 0 radical (unpaired) electrons. The van der Waals surface area contributed by atoms with E-state index in [1.165, 1.54) is 12.1 Å². The third-order valence-corrected chi connectivity index (χ3v) is 6.37. The highest BCUT2D eigenvalue weighted by Gasteiger charge is 2.36. The van der Waals surface area contributed by atoms with Gasteiger partial charge >= 0.3 is 6.18 Å². The summed E-state index contributed by atoms with van der Waals surface area (Å²) in [5.41, 5.74) is 0.859. The van der Waals surface area contributed by atoms with Crippen molar-refractivity contribution < 1.29 is 22.4 Å². The summed E-state index contributed by atoms with van der Waals surface area (Å²) < 4.78 is 54.9. The minimum atomic E-state index is -4.55. The molecule has 1 fully saturated rings. The first kappa shape index (κ1) is 23.1. The van der Waals surface area contributed by atoms with Crippen LogP contribution in [0.25, 0.3) is 0 Å². The van der Waals surface area contributed by atoms with Crippen LogP contribution >= 0.6 is 0 Å². The number of anilines is 4. The van der Waals surface area contributed by atoms with Crippen LogP contribution in [0.5, 0.6) is 0 Å². The van der Waals surface area contributed by atoms with Gasteiger partial charge in [0.1, 0.15) is 17.3 Å². The van der Waals surface area contributed by atoms with Crippen molar-refractivity contribution in [2.45, 2.75) is 39.0 Å². The maximum atomic E-state index is 14.0. The number of aryl methyl sites for hydroxylation is 1. The third-order valence-electron chi connectivity index (χ3n) is 6.37. The van der Waals surface area contributed by atoms with Gasteiger partial charge in [0.25, 0.3) is 0 Å². The molecular weight excluding hydrogens is 466 g/mol. The quantitative estimate of drug-likeness (QED) is 0.551. The Labute approximate surface area is 198 Å². The molecule has 8 nitrogen and oxygen atoms in total. The summed E-state index contributed by atoms with van der Waals surface area (Å²) in [7, 11) is 0. The molecule has 12 heteroatoms. The van der Waals surface area contributed by atoms with E-state index in [2.05, 4.69) is 20.4 Å². The van der Waals surface area contributed by atoms with Crippen LogP contribution < -0.4 is 15.1 Å². The van der Waals surface area contributed by atoms with E-state index in [-0.39, 0.29) is 24.3 Å². The molecule has 5 rings (SSSR count). The van der Waals surface area contributed by atoms with Crippen LogP contribution in [-0.4, -0.2) is 38.7 Å². The number of halogens is 4. The van der Waals surface area contributed by atoms with Crippen molar-refractivity contribution in [2.75, 3.05) is 28.2 Å². The van der Waals surface area contributed by atoms with E-state index in [1.807, 2.05) is 6.92 Å². The minimum Gasteiger partial charge on any atom is -0.341 e. The van der Waals surface area contributed by atoms with Crippen LogP contribution in [0.2, 0.25) is 0 Å². The predicted octanol–water partition coefficient (Wildman–Crippen LogP) is 4.36. The van der Waals surface area contributed by atoms with E-state index in [4.69, 9.17) is 0 Å². The number of aromatic nitrogens is 4. The van der Waals surface area contributed by atoms with E-state index in [1.54, 1.807) is 26.7 Å². The van der Waals surface area contributed by atoms with Gasteiger partial charge in [0, 0.05) is 37.3 Å². The van der Waals surface area contributed by atoms with Gasteiger partial charge < -0.3 is 15.1 Å². The van der Waals surface area contributed by atoms with Gasteiger partial charge in [0.05, 0.1) is 24.1 Å². The van der Waals surface area contributed by atoms with Gasteiger partial charge in [-0.1, -0.05) is 0 Å². The molecule has 1 N–H and O–H groups in total. The van der Waals surface area contributed by atoms with Gasteiger partial charge in [-0.2, -0.15) is 18.3 Å². The third kappa shape index (κ3) is 4.40. The van der Waals surface area contributed by atoms with Crippen molar-refractivity contribution in [1.29, 1.82) is 0 Å². The minimum absolute atomic E-state index is 0.00198. The van der Waals surface area contributed by atoms with Crippen LogP contribution in [0, 0.1) is 11.7 Å². The largest absolute Gasteiger partial charge is 0.433 e. The van der Waals surface area contributed by atoms with Crippen molar-refractivity contribution in [2.24, 2.45) is 5.92 Å². The summed E-state index contributed by atoms with van der Waals surface area (Å²) in [4.78, 5) is 24.6. The molecule has 1 saturated heterocycles. The number of alkyl halides is 3. The van der Waals surface area contributed by atoms with E-state index in [0.29, 0.717) is 49.7 Å². The summed E-state index contributed by atoms with van der Waals surface area (Å²) >= 11 is 0. The average Bonchev–Trinajstić information content (AvgIpc) is 3.15. The van der Waals surface area contributed by atoms with Crippen LogP contribution in [0.3, 0.4) is 0 Å². The molecule has 2 aliphatic heterocycles. The highest BCUT2D eigenvalue weighted by Crippen LogP contribution is 2.38. The fourth-order valence-corrected chi connectivity index (χ4v) is 4.55. The Morgan fingerprint density at radius 3 is 2.69 bits per heavy atom. The molecule has 4 heterocycles. The Hall–Kier alpha value is -3.70. The lowest BCUT2D eigenvalue weighted by atomic mass is 9.95. The Balaban J connectivity index is 1.36. The second kappa shape index (κ2) is 8.82. The van der Waals surface area contributed by atoms with Crippen molar-refractivity contribution >= 4 is 29.0 Å². The van der Waals surface area contributed by atoms with Crippen molar-refractivity contribution in [3.63, 3.8) is 0 Å². The molecule has 0 spiro atoms. The smallest absolute Gasteiger partial charge is 0.341 e. The summed E-state index contributed by atoms with van der Waals surface area (Å²) in [6.07, 6.45) is -0.900. The number of benzene rings is 1. The topological polar surface area (TPSA) is 79.2 Å². The molecule has 0 aliphatic carbocycles. The van der Waals surface area contributed by atoms with Crippen molar-refractivity contribution in [3.8, 4) is 0 Å². The Bertz CT molecular complexity index is 1250. The number of nitrogens with one attached hydrogen (secondary N) is 1. The van der Waals surface area contributed by atoms with E-state index >= 15 is 0 Å². The van der Waals surface area contributed by atoms with Gasteiger partial charge in [-0.15, -0.1) is 0 Å². The van der Waals surface area contributed by atoms with Gasteiger partial charge in [-0.05, 0) is 44.0 Å². The van der Waals surface area contributed by atoms with Crippen LogP contribution in [0.15, 0.2) is 36.7 Å². The lowest BCUT2D eigenvalue weighted by molar-refractivity contribution is -0.141. The summed E-state index contributed by atoms with van der Waals surface area (Å²) in [5, 5.41) is 7.58. The molecule has 35 heavy (non-hydrogen) atoms. The normalized spacial score (nSPS) is 16.4. The number of fused-ring (bicyclic) bond motifs is 2. The number of piperidine rings is 1. The van der Waals surface area contributed by atoms with E-state index in [0.717, 1.165) is 17.8 Å². The lowest BCUT2D eigenvalue weighted by Crippen LogP contribution is -2.43. The maximum absolute atomic E-state index is 14.0. The van der Waals surface area contributed by atoms with Crippen molar-refractivity contribution in [3.05, 3.63) is 53.7 Å². The zero-order valence-corrected chi connectivity index (χ0v) is 18.9. The molecular formula is C23H23F4N7O. The number of carbonyl (C=O) groups excluding carboxylic acids is 1. The number of hydrogen-bond acceptors (Lipinski definition) is 6. The highest BCUT2D eigenvalue weighted by atomic mass is 19.4. The Morgan fingerprint density at radius 1 is 1.20 bits per heavy atom. The monoisotopic (exact) mass is 489 g/mol. The Kier molecular flexibility index (Phi) is 5.81. The van der Waals surface area contributed by atoms with Gasteiger partial charge in [0.2, 0.25) is 11.9 Å². The maximum Gasteiger partial charge on any atom is 0.433 e. The first-order valence-electron chi connectivity index (χ1n) is 11.3. The molecule has 2 aromatic heterocycles. The fourth-order valence-electron chi connectivity index (χ4n) is 4.55. The molecule has 0 bridgehead atoms. The number of hydrogen-bond donors (Lipinski definition) is 1. The summed E-state index contributed by atoms with van der Waals surface area (Å²) in [6.45, 7) is 3.52. The number of carbonyl (C=O) groups is 1. The van der Waals surface area contributed by atoms with Gasteiger partial charge in [-0.25, -0.2) is 19.0 Å². The number of rotatable bonds is 3. The van der Waals surface area contributed by atoms with E-state index < -0.39 is 17.7 Å². The summed E-state index contributed by atoms with van der Waals surface area (Å²) in [6, 6.07) is 5.08. The number of amides is 1. The average molecular weight is 489 g/mol. The molecule has 0 atom stereocenters. The van der Waals surface area contributed by atoms with E-state index in [9.17, 15) is 22.4 Å². The van der Waals surface area contributed by atoms with Gasteiger partial charge in [0.15, 0.2) is 0 Å². The second-order valence-corrected chi connectivity index (χ2v) is 8.55. The lowest BCUT2D eigenvalue weighted by Gasteiger charge is -2.34. The molecule has 1 aromatic carbocycles. The molecule has 3 aromatic rings. The fraction of sp³-hybridized carbons (Fsp3) is 0.391. The zero-order valence-electron chi connectivity index (χ0n) is 18.9. The zero-order chi connectivity index (χ0) is 24.7. The Morgan fingerprint density at radius 2 is 1.97 bits per heavy atom. The molecule has 0 unspecified atom stereocenters. The SMILES string of the molecule is CCn1ncc2c1Nc1cc(F)ccc1N(C(=O)C1CCN(c3nccc(C(F)(F)F)n3)CC1)C2. The van der Waals surface area contributed by atoms with Crippen LogP contribution in [0.4, 0.5) is 40.7 Å². The molecule has 0 saturated carbocycles. The van der Waals surface area contributed by atoms with Crippen LogP contribution in [-0.2, 0) is 24.1 Å². The first-order valence-corrected chi connectivity index (χ1v) is 11.3. The second-order valence-electron chi connectivity index (χ2n) is 8.55. The first-order chi connectivity index (χ1) is 16.7. The number of nitrogens with zero attached hydrogens (tertiary/aromatic N) is 6.